The van der Waals surface area contributed by atoms with Crippen LogP contribution < -0.4 is 10.1 Å². The Bertz CT molecular complexity index is 574. The molecular weight excluding hydrogens is 321 g/mol. The SMILES string of the molecule is Cc1cccc(OCCNCc2cc(Br)ccc2F)c1. The van der Waals surface area contributed by atoms with E-state index in [-0.39, 0.29) is 5.82 Å². The molecule has 2 nitrogen and oxygen atoms in total. The largest absolute Gasteiger partial charge is 0.492 e. The van der Waals surface area contributed by atoms with Gasteiger partial charge in [-0.2, -0.15) is 0 Å². The number of hydrogen-bond donors (Lipinski definition) is 1. The molecule has 0 saturated heterocycles. The van der Waals surface area contributed by atoms with Crippen molar-refractivity contribution in [1.29, 1.82) is 0 Å². The molecular formula is C16H17BrFNO. The molecule has 0 bridgehead atoms. The Morgan fingerprint density at radius 3 is 2.85 bits per heavy atom. The third-order valence-corrected chi connectivity index (χ3v) is 3.35. The van der Waals surface area contributed by atoms with Gasteiger partial charge in [0.05, 0.1) is 0 Å². The summed E-state index contributed by atoms with van der Waals surface area (Å²) in [4.78, 5) is 0. The molecule has 20 heavy (non-hydrogen) atoms. The lowest BCUT2D eigenvalue weighted by Gasteiger charge is -2.09. The van der Waals surface area contributed by atoms with Crippen LogP contribution in [0, 0.1) is 12.7 Å². The summed E-state index contributed by atoms with van der Waals surface area (Å²) in [6, 6.07) is 12.9. The lowest BCUT2D eigenvalue weighted by molar-refractivity contribution is 0.313. The van der Waals surface area contributed by atoms with E-state index in [9.17, 15) is 4.39 Å². The fourth-order valence-corrected chi connectivity index (χ4v) is 2.26. The molecule has 0 spiro atoms. The zero-order chi connectivity index (χ0) is 14.4. The molecule has 2 rings (SSSR count). The fourth-order valence-electron chi connectivity index (χ4n) is 1.85. The van der Waals surface area contributed by atoms with Crippen LogP contribution >= 0.6 is 15.9 Å². The summed E-state index contributed by atoms with van der Waals surface area (Å²) in [7, 11) is 0. The first-order valence-electron chi connectivity index (χ1n) is 6.49. The zero-order valence-corrected chi connectivity index (χ0v) is 12.9. The third-order valence-electron chi connectivity index (χ3n) is 2.86. The van der Waals surface area contributed by atoms with E-state index in [4.69, 9.17) is 4.74 Å². The second kappa shape index (κ2) is 7.41. The Morgan fingerprint density at radius 2 is 2.05 bits per heavy atom. The van der Waals surface area contributed by atoms with Gasteiger partial charge >= 0.3 is 0 Å². The Morgan fingerprint density at radius 1 is 1.20 bits per heavy atom. The van der Waals surface area contributed by atoms with Crippen molar-refractivity contribution in [1.82, 2.24) is 5.32 Å². The van der Waals surface area contributed by atoms with Gasteiger partial charge in [-0.25, -0.2) is 4.39 Å². The minimum absolute atomic E-state index is 0.194. The van der Waals surface area contributed by atoms with E-state index in [1.807, 2.05) is 31.2 Å². The van der Waals surface area contributed by atoms with Crippen molar-refractivity contribution in [3.8, 4) is 5.75 Å². The summed E-state index contributed by atoms with van der Waals surface area (Å²) in [5.41, 5.74) is 1.82. The monoisotopic (exact) mass is 337 g/mol. The predicted molar refractivity (Wildman–Crippen MR) is 82.5 cm³/mol. The van der Waals surface area contributed by atoms with E-state index >= 15 is 0 Å². The summed E-state index contributed by atoms with van der Waals surface area (Å²) in [6.45, 7) is 3.74. The van der Waals surface area contributed by atoms with Gasteiger partial charge in [-0.1, -0.05) is 28.1 Å². The van der Waals surface area contributed by atoms with E-state index < -0.39 is 0 Å². The average Bonchev–Trinajstić information content (AvgIpc) is 2.42. The number of hydrogen-bond acceptors (Lipinski definition) is 2. The van der Waals surface area contributed by atoms with Crippen LogP contribution in [0.4, 0.5) is 4.39 Å². The van der Waals surface area contributed by atoms with E-state index in [2.05, 4.69) is 21.2 Å². The van der Waals surface area contributed by atoms with Crippen LogP contribution in [0.3, 0.4) is 0 Å². The van der Waals surface area contributed by atoms with Crippen molar-refractivity contribution < 1.29 is 9.13 Å². The van der Waals surface area contributed by atoms with Gasteiger partial charge in [0.2, 0.25) is 0 Å². The van der Waals surface area contributed by atoms with Crippen molar-refractivity contribution in [2.24, 2.45) is 0 Å². The minimum Gasteiger partial charge on any atom is -0.492 e. The molecule has 0 heterocycles. The molecule has 0 atom stereocenters. The molecule has 0 saturated carbocycles. The Balaban J connectivity index is 1.73. The van der Waals surface area contributed by atoms with Crippen molar-refractivity contribution in [2.45, 2.75) is 13.5 Å². The Kier molecular flexibility index (Phi) is 5.56. The first kappa shape index (κ1) is 15.0. The van der Waals surface area contributed by atoms with Crippen molar-refractivity contribution in [2.75, 3.05) is 13.2 Å². The van der Waals surface area contributed by atoms with Gasteiger partial charge in [-0.05, 0) is 42.8 Å². The van der Waals surface area contributed by atoms with E-state index in [0.29, 0.717) is 25.3 Å². The Labute approximate surface area is 127 Å². The van der Waals surface area contributed by atoms with Crippen LogP contribution in [-0.4, -0.2) is 13.2 Å². The maximum atomic E-state index is 13.5. The van der Waals surface area contributed by atoms with Crippen LogP contribution in [0.5, 0.6) is 5.75 Å². The van der Waals surface area contributed by atoms with Gasteiger partial charge in [-0.3, -0.25) is 0 Å². The standard InChI is InChI=1S/C16H17BrFNO/c1-12-3-2-4-15(9-12)20-8-7-19-11-13-10-14(17)5-6-16(13)18/h2-6,9-10,19H,7-8,11H2,1H3. The van der Waals surface area contributed by atoms with Gasteiger partial charge in [0.1, 0.15) is 18.2 Å². The van der Waals surface area contributed by atoms with Crippen LogP contribution in [0.25, 0.3) is 0 Å². The van der Waals surface area contributed by atoms with Gasteiger partial charge in [0, 0.05) is 23.1 Å². The molecule has 0 radical (unpaired) electrons. The van der Waals surface area contributed by atoms with Gasteiger partial charge in [0.15, 0.2) is 0 Å². The summed E-state index contributed by atoms with van der Waals surface area (Å²) >= 11 is 3.34. The lowest BCUT2D eigenvalue weighted by atomic mass is 10.2. The van der Waals surface area contributed by atoms with E-state index in [1.165, 1.54) is 11.6 Å². The van der Waals surface area contributed by atoms with Crippen LogP contribution in [0.1, 0.15) is 11.1 Å². The summed E-state index contributed by atoms with van der Waals surface area (Å²) in [6.07, 6.45) is 0. The van der Waals surface area contributed by atoms with Crippen LogP contribution in [0.2, 0.25) is 0 Å². The van der Waals surface area contributed by atoms with Gasteiger partial charge in [-0.15, -0.1) is 0 Å². The normalized spacial score (nSPS) is 10.6. The molecule has 2 aromatic rings. The predicted octanol–water partition coefficient (Wildman–Crippen LogP) is 4.07. The highest BCUT2D eigenvalue weighted by Gasteiger charge is 2.02. The average molecular weight is 338 g/mol. The molecule has 0 aliphatic heterocycles. The summed E-state index contributed by atoms with van der Waals surface area (Å²) < 4.78 is 20.0. The third kappa shape index (κ3) is 4.62. The number of nitrogens with one attached hydrogen (secondary N) is 1. The van der Waals surface area contributed by atoms with Gasteiger partial charge in [0.25, 0.3) is 0 Å². The first-order valence-corrected chi connectivity index (χ1v) is 7.28. The maximum Gasteiger partial charge on any atom is 0.127 e. The zero-order valence-electron chi connectivity index (χ0n) is 11.3. The lowest BCUT2D eigenvalue weighted by Crippen LogP contribution is -2.21. The fraction of sp³-hybridized carbons (Fsp3) is 0.250. The smallest absolute Gasteiger partial charge is 0.127 e. The highest BCUT2D eigenvalue weighted by molar-refractivity contribution is 9.10. The number of halogens is 2. The molecule has 0 amide bonds. The number of aryl methyl sites for hydroxylation is 1. The second-order valence-corrected chi connectivity index (χ2v) is 5.49. The minimum atomic E-state index is -0.194. The molecule has 0 aliphatic rings. The second-order valence-electron chi connectivity index (χ2n) is 4.58. The van der Waals surface area contributed by atoms with Crippen molar-refractivity contribution in [3.05, 3.63) is 63.9 Å². The number of rotatable bonds is 6. The molecule has 0 fully saturated rings. The first-order chi connectivity index (χ1) is 9.65. The summed E-state index contributed by atoms with van der Waals surface area (Å²) in [5.74, 6) is 0.667. The van der Waals surface area contributed by atoms with Gasteiger partial charge < -0.3 is 10.1 Å². The number of benzene rings is 2. The van der Waals surface area contributed by atoms with Crippen molar-refractivity contribution in [3.63, 3.8) is 0 Å². The molecule has 0 aliphatic carbocycles. The highest BCUT2D eigenvalue weighted by atomic mass is 79.9. The topological polar surface area (TPSA) is 21.3 Å². The van der Waals surface area contributed by atoms with Crippen LogP contribution in [-0.2, 0) is 6.54 Å². The van der Waals surface area contributed by atoms with E-state index in [0.717, 1.165) is 10.2 Å². The Hall–Kier alpha value is -1.39. The molecule has 0 unspecified atom stereocenters. The van der Waals surface area contributed by atoms with E-state index in [1.54, 1.807) is 12.1 Å². The molecule has 1 N–H and O–H groups in total. The molecule has 106 valence electrons. The highest BCUT2D eigenvalue weighted by Crippen LogP contribution is 2.15. The quantitative estimate of drug-likeness (QED) is 0.802. The molecule has 0 aromatic heterocycles. The number of ether oxygens (including phenoxy) is 1. The molecule has 2 aromatic carbocycles. The maximum absolute atomic E-state index is 13.5. The summed E-state index contributed by atoms with van der Waals surface area (Å²) in [5, 5.41) is 3.17. The van der Waals surface area contributed by atoms with Crippen LogP contribution in [0.15, 0.2) is 46.9 Å². The van der Waals surface area contributed by atoms with Crippen molar-refractivity contribution >= 4 is 15.9 Å². The molecule has 4 heteroatoms.